The molecule has 3 amide bonds. The van der Waals surface area contributed by atoms with Crippen molar-refractivity contribution in [2.24, 2.45) is 5.92 Å². The second-order valence-corrected chi connectivity index (χ2v) is 10.7. The minimum atomic E-state index is -1.09. The van der Waals surface area contributed by atoms with Crippen LogP contribution in [0, 0.1) is 5.92 Å². The summed E-state index contributed by atoms with van der Waals surface area (Å²) in [7, 11) is 0. The van der Waals surface area contributed by atoms with E-state index in [1.54, 1.807) is 11.5 Å². The van der Waals surface area contributed by atoms with E-state index in [1.165, 1.54) is 17.6 Å². The number of carbonyl (C=O) groups excluding carboxylic acids is 2. The van der Waals surface area contributed by atoms with Crippen LogP contribution in [0.1, 0.15) is 45.8 Å². The van der Waals surface area contributed by atoms with Crippen LogP contribution in [-0.4, -0.2) is 91.2 Å². The first-order chi connectivity index (χ1) is 19.8. The van der Waals surface area contributed by atoms with Crippen LogP contribution < -0.4 is 10.6 Å². The number of likely N-dealkylation sites (tertiary alicyclic amines) is 1. The van der Waals surface area contributed by atoms with Gasteiger partial charge in [0.2, 0.25) is 0 Å². The monoisotopic (exact) mass is 567 g/mol. The lowest BCUT2D eigenvalue weighted by atomic mass is 9.97. The van der Waals surface area contributed by atoms with Gasteiger partial charge in [0.1, 0.15) is 24.6 Å². The largest absolute Gasteiger partial charge is 0.480 e. The average Bonchev–Trinajstić information content (AvgIpc) is 3.73. The first-order valence-corrected chi connectivity index (χ1v) is 13.9. The summed E-state index contributed by atoms with van der Waals surface area (Å²) in [4.78, 5) is 52.0. The van der Waals surface area contributed by atoms with Crippen LogP contribution in [0.2, 0.25) is 0 Å². The molecule has 3 aliphatic heterocycles. The third-order valence-electron chi connectivity index (χ3n) is 7.87. The van der Waals surface area contributed by atoms with Crippen molar-refractivity contribution >= 4 is 34.9 Å². The number of amides is 3. The SMILES string of the molecule is CCNC(=O)Nc1ncnc2c1ncn2C1OC(C(=O)N2CCCC2C(=O)O)C2OC(CC3=CCC(C)C=C3)OC21. The molecule has 0 aromatic carbocycles. The molecule has 7 unspecified atom stereocenters. The van der Waals surface area contributed by atoms with Crippen molar-refractivity contribution in [1.82, 2.24) is 29.7 Å². The number of ether oxygens (including phenoxy) is 3. The van der Waals surface area contributed by atoms with Crippen LogP contribution in [0.4, 0.5) is 10.6 Å². The van der Waals surface area contributed by atoms with Crippen LogP contribution in [-0.2, 0) is 23.8 Å². The zero-order valence-electron chi connectivity index (χ0n) is 22.8. The second-order valence-electron chi connectivity index (χ2n) is 10.7. The lowest BCUT2D eigenvalue weighted by Crippen LogP contribution is -2.49. The Kier molecular flexibility index (Phi) is 7.45. The fourth-order valence-electron chi connectivity index (χ4n) is 5.84. The molecule has 0 saturated carbocycles. The van der Waals surface area contributed by atoms with Gasteiger partial charge in [-0.1, -0.05) is 25.2 Å². The van der Waals surface area contributed by atoms with Gasteiger partial charge in [-0.2, -0.15) is 0 Å². The quantitative estimate of drug-likeness (QED) is 0.449. The Morgan fingerprint density at radius 2 is 1.98 bits per heavy atom. The Hall–Kier alpha value is -3.88. The molecule has 2 aromatic rings. The third-order valence-corrected chi connectivity index (χ3v) is 7.87. The fraction of sp³-hybridized carbons (Fsp3) is 0.556. The number of urea groups is 1. The Morgan fingerprint density at radius 1 is 1.15 bits per heavy atom. The van der Waals surface area contributed by atoms with Gasteiger partial charge in [-0.3, -0.25) is 14.7 Å². The van der Waals surface area contributed by atoms with E-state index in [2.05, 4.69) is 50.7 Å². The number of carbonyl (C=O) groups is 3. The zero-order chi connectivity index (χ0) is 28.7. The number of nitrogens with one attached hydrogen (secondary N) is 2. The first-order valence-electron chi connectivity index (χ1n) is 13.9. The number of imidazole rings is 1. The molecule has 3 N–H and O–H groups in total. The van der Waals surface area contributed by atoms with Crippen LogP contribution in [0.15, 0.2) is 36.5 Å². The summed E-state index contributed by atoms with van der Waals surface area (Å²) in [6, 6.07) is -1.34. The predicted molar refractivity (Wildman–Crippen MR) is 143 cm³/mol. The summed E-state index contributed by atoms with van der Waals surface area (Å²) in [5.41, 5.74) is 1.79. The van der Waals surface area contributed by atoms with Gasteiger partial charge in [0, 0.05) is 19.5 Å². The predicted octanol–water partition coefficient (Wildman–Crippen LogP) is 1.96. The zero-order valence-corrected chi connectivity index (χ0v) is 22.8. The molecule has 4 aliphatic rings. The van der Waals surface area contributed by atoms with Gasteiger partial charge in [-0.05, 0) is 37.7 Å². The van der Waals surface area contributed by atoms with Gasteiger partial charge >= 0.3 is 12.0 Å². The first kappa shape index (κ1) is 27.3. The van der Waals surface area contributed by atoms with E-state index in [1.807, 2.05) is 0 Å². The number of carboxylic acid groups (broad SMARTS) is 1. The molecular formula is C27H33N7O7. The van der Waals surface area contributed by atoms with E-state index < -0.39 is 54.8 Å². The van der Waals surface area contributed by atoms with Gasteiger partial charge in [0.05, 0.1) is 6.33 Å². The number of rotatable bonds is 7. The summed E-state index contributed by atoms with van der Waals surface area (Å²) in [6.45, 7) is 4.71. The number of anilines is 1. The molecule has 1 aliphatic carbocycles. The maximum Gasteiger partial charge on any atom is 0.326 e. The number of nitrogens with zero attached hydrogens (tertiary/aromatic N) is 5. The second kappa shape index (κ2) is 11.2. The molecule has 41 heavy (non-hydrogen) atoms. The molecule has 7 atom stereocenters. The van der Waals surface area contributed by atoms with Gasteiger partial charge in [-0.25, -0.2) is 24.5 Å². The molecular weight excluding hydrogens is 534 g/mol. The lowest BCUT2D eigenvalue weighted by molar-refractivity contribution is -0.170. The van der Waals surface area contributed by atoms with E-state index >= 15 is 0 Å². The summed E-state index contributed by atoms with van der Waals surface area (Å²) < 4.78 is 20.6. The Labute approximate surface area is 235 Å². The van der Waals surface area contributed by atoms with E-state index in [0.717, 1.165) is 12.0 Å². The molecule has 0 radical (unpaired) electrons. The Morgan fingerprint density at radius 3 is 2.73 bits per heavy atom. The number of aliphatic carboxylic acids is 1. The molecule has 3 saturated heterocycles. The summed E-state index contributed by atoms with van der Waals surface area (Å²) >= 11 is 0. The molecule has 5 heterocycles. The maximum atomic E-state index is 13.7. The van der Waals surface area contributed by atoms with Crippen molar-refractivity contribution in [1.29, 1.82) is 0 Å². The van der Waals surface area contributed by atoms with Gasteiger partial charge in [0.15, 0.2) is 35.6 Å². The van der Waals surface area contributed by atoms with Crippen molar-refractivity contribution in [2.45, 2.75) is 76.4 Å². The number of hydrogen-bond donors (Lipinski definition) is 3. The highest BCUT2D eigenvalue weighted by Crippen LogP contribution is 2.43. The van der Waals surface area contributed by atoms with Crippen LogP contribution in [0.5, 0.6) is 0 Å². The van der Waals surface area contributed by atoms with Gasteiger partial charge in [0.25, 0.3) is 5.91 Å². The number of allylic oxidation sites excluding steroid dienone is 3. The molecule has 218 valence electrons. The minimum Gasteiger partial charge on any atom is -0.480 e. The van der Waals surface area contributed by atoms with Crippen molar-refractivity contribution in [2.75, 3.05) is 18.4 Å². The van der Waals surface area contributed by atoms with E-state index in [4.69, 9.17) is 14.2 Å². The third kappa shape index (κ3) is 5.18. The van der Waals surface area contributed by atoms with E-state index in [0.29, 0.717) is 49.4 Å². The van der Waals surface area contributed by atoms with Gasteiger partial charge < -0.3 is 29.5 Å². The number of carboxylic acids is 1. The van der Waals surface area contributed by atoms with Crippen LogP contribution >= 0.6 is 0 Å². The molecule has 0 bridgehead atoms. The molecule has 0 spiro atoms. The molecule has 14 heteroatoms. The van der Waals surface area contributed by atoms with Crippen molar-refractivity contribution in [3.05, 3.63) is 36.5 Å². The average molecular weight is 568 g/mol. The summed E-state index contributed by atoms with van der Waals surface area (Å²) in [6.07, 6.45) is 7.55. The highest BCUT2D eigenvalue weighted by molar-refractivity contribution is 5.95. The normalized spacial score (nSPS) is 30.8. The number of fused-ring (bicyclic) bond motifs is 2. The molecule has 3 fully saturated rings. The minimum absolute atomic E-state index is 0.218. The van der Waals surface area contributed by atoms with E-state index in [9.17, 15) is 19.5 Å². The lowest BCUT2D eigenvalue weighted by Gasteiger charge is -2.27. The fourth-order valence-corrected chi connectivity index (χ4v) is 5.84. The number of hydrogen-bond acceptors (Lipinski definition) is 9. The highest BCUT2D eigenvalue weighted by Gasteiger charge is 2.57. The summed E-state index contributed by atoms with van der Waals surface area (Å²) in [5.74, 6) is -0.803. The Balaban J connectivity index is 1.30. The Bertz CT molecular complexity index is 1410. The summed E-state index contributed by atoms with van der Waals surface area (Å²) in [5, 5.41) is 15.0. The van der Waals surface area contributed by atoms with Crippen LogP contribution in [0.3, 0.4) is 0 Å². The highest BCUT2D eigenvalue weighted by atomic mass is 16.8. The van der Waals surface area contributed by atoms with E-state index in [-0.39, 0.29) is 5.82 Å². The standard InChI is InChI=1S/C27H33N7O7/c1-3-28-27(38)32-22-18-23(30-12-29-22)34(13-31-18)25-21-19(39-17(40-21)11-15-8-6-14(2)7-9-15)20(41-25)24(35)33-10-4-5-16(33)26(36)37/h6,8-9,12-14,16-17,19-21,25H,3-5,7,10-11H2,1-2H3,(H,36,37)(H2,28,29,30,32,38). The molecule has 6 rings (SSSR count). The molecule has 14 nitrogen and oxygen atoms in total. The smallest absolute Gasteiger partial charge is 0.326 e. The number of aromatic nitrogens is 4. The van der Waals surface area contributed by atoms with Crippen molar-refractivity contribution in [3.63, 3.8) is 0 Å². The maximum absolute atomic E-state index is 13.7. The van der Waals surface area contributed by atoms with Crippen molar-refractivity contribution in [3.8, 4) is 0 Å². The molecule has 2 aromatic heterocycles. The van der Waals surface area contributed by atoms with Crippen molar-refractivity contribution < 1.29 is 33.7 Å². The topological polar surface area (TPSA) is 170 Å². The van der Waals surface area contributed by atoms with Crippen LogP contribution in [0.25, 0.3) is 11.2 Å². The van der Waals surface area contributed by atoms with Gasteiger partial charge in [-0.15, -0.1) is 0 Å².